The number of nitrogens with two attached hydrogens (primary N) is 1. The van der Waals surface area contributed by atoms with Crippen LogP contribution in [-0.2, 0) is 28.7 Å². The third-order valence-corrected chi connectivity index (χ3v) is 6.52. The lowest BCUT2D eigenvalue weighted by molar-refractivity contribution is 0.310. The van der Waals surface area contributed by atoms with Crippen molar-refractivity contribution in [1.29, 1.82) is 0 Å². The van der Waals surface area contributed by atoms with Gasteiger partial charge in [-0.2, -0.15) is 0 Å². The fourth-order valence-electron chi connectivity index (χ4n) is 4.14. The first-order valence-electron chi connectivity index (χ1n) is 10.7. The van der Waals surface area contributed by atoms with E-state index >= 15 is 0 Å². The van der Waals surface area contributed by atoms with Gasteiger partial charge in [0.1, 0.15) is 12.3 Å². The van der Waals surface area contributed by atoms with Crippen LogP contribution in [-0.4, -0.2) is 43.1 Å². The molecule has 5 rings (SSSR count). The Hall–Kier alpha value is -3.44. The second-order valence-electron chi connectivity index (χ2n) is 8.19. The van der Waals surface area contributed by atoms with E-state index in [1.54, 1.807) is 24.3 Å². The Morgan fingerprint density at radius 1 is 1.21 bits per heavy atom. The molecule has 0 unspecified atom stereocenters. The lowest BCUT2D eigenvalue weighted by Crippen LogP contribution is -2.32. The van der Waals surface area contributed by atoms with Crippen molar-refractivity contribution < 1.29 is 13.2 Å². The smallest absolute Gasteiger partial charge is 0.237 e. The number of pyridine rings is 1. The maximum atomic E-state index is 11.3. The molecule has 0 aliphatic carbocycles. The molecule has 172 valence electrons. The van der Waals surface area contributed by atoms with Crippen molar-refractivity contribution in [2.75, 3.05) is 35.2 Å². The second kappa shape index (κ2) is 8.49. The molecule has 11 heteroatoms. The number of ether oxygens (including phenoxy) is 1. The number of primary sulfonamides is 1. The Kier molecular flexibility index (Phi) is 5.51. The molecule has 2 aromatic heterocycles. The molecule has 33 heavy (non-hydrogen) atoms. The number of rotatable bonds is 5. The SMILES string of the molecule is Cc1c(N2CCc3cnc(Nc4ccc(CS(N)(=O)=O)cc4)nc3C2)cnc2c1NCCO2. The summed E-state index contributed by atoms with van der Waals surface area (Å²) in [7, 11) is -3.56. The van der Waals surface area contributed by atoms with Crippen LogP contribution in [0.25, 0.3) is 0 Å². The van der Waals surface area contributed by atoms with Gasteiger partial charge in [-0.25, -0.2) is 28.5 Å². The molecule has 0 bridgehead atoms. The first-order chi connectivity index (χ1) is 15.9. The van der Waals surface area contributed by atoms with E-state index in [0.29, 0.717) is 30.5 Å². The van der Waals surface area contributed by atoms with Crippen LogP contribution in [0, 0.1) is 6.92 Å². The van der Waals surface area contributed by atoms with Crippen molar-refractivity contribution in [2.24, 2.45) is 5.14 Å². The van der Waals surface area contributed by atoms with Crippen LogP contribution in [0.4, 0.5) is 23.0 Å². The average molecular weight is 468 g/mol. The fraction of sp³-hybridized carbons (Fsp3) is 0.318. The largest absolute Gasteiger partial charge is 0.474 e. The van der Waals surface area contributed by atoms with Crippen LogP contribution in [0.5, 0.6) is 5.88 Å². The van der Waals surface area contributed by atoms with Gasteiger partial charge in [-0.05, 0) is 36.6 Å². The Morgan fingerprint density at radius 2 is 2.03 bits per heavy atom. The third kappa shape index (κ3) is 4.69. The van der Waals surface area contributed by atoms with Gasteiger partial charge in [0, 0.05) is 30.5 Å². The molecule has 0 saturated heterocycles. The van der Waals surface area contributed by atoms with Crippen LogP contribution in [0.1, 0.15) is 22.4 Å². The Labute approximate surface area is 192 Å². The highest BCUT2D eigenvalue weighted by atomic mass is 32.2. The first kappa shape index (κ1) is 21.4. The molecule has 0 atom stereocenters. The van der Waals surface area contributed by atoms with Crippen molar-refractivity contribution in [3.8, 4) is 5.88 Å². The van der Waals surface area contributed by atoms with E-state index in [2.05, 4.69) is 32.4 Å². The zero-order chi connectivity index (χ0) is 23.0. The summed E-state index contributed by atoms with van der Waals surface area (Å²) in [6.07, 6.45) is 4.58. The molecular weight excluding hydrogens is 442 g/mol. The minimum absolute atomic E-state index is 0.197. The number of benzene rings is 1. The minimum Gasteiger partial charge on any atom is -0.474 e. The van der Waals surface area contributed by atoms with Gasteiger partial charge in [-0.1, -0.05) is 12.1 Å². The maximum absolute atomic E-state index is 11.3. The number of hydrogen-bond acceptors (Lipinski definition) is 9. The summed E-state index contributed by atoms with van der Waals surface area (Å²) >= 11 is 0. The number of hydrogen-bond donors (Lipinski definition) is 3. The van der Waals surface area contributed by atoms with Crippen molar-refractivity contribution in [3.63, 3.8) is 0 Å². The molecule has 2 aliphatic heterocycles. The highest BCUT2D eigenvalue weighted by Gasteiger charge is 2.24. The zero-order valence-corrected chi connectivity index (χ0v) is 19.0. The van der Waals surface area contributed by atoms with Crippen LogP contribution in [0.3, 0.4) is 0 Å². The monoisotopic (exact) mass is 467 g/mol. The lowest BCUT2D eigenvalue weighted by atomic mass is 10.0. The van der Waals surface area contributed by atoms with Gasteiger partial charge in [0.25, 0.3) is 0 Å². The number of fused-ring (bicyclic) bond motifs is 2. The van der Waals surface area contributed by atoms with Crippen molar-refractivity contribution >= 4 is 33.0 Å². The van der Waals surface area contributed by atoms with E-state index in [1.807, 2.05) is 12.4 Å². The minimum atomic E-state index is -3.56. The molecule has 0 radical (unpaired) electrons. The number of aromatic nitrogens is 3. The molecule has 0 fully saturated rings. The van der Waals surface area contributed by atoms with Gasteiger partial charge in [-0.15, -0.1) is 0 Å². The molecule has 10 nitrogen and oxygen atoms in total. The number of sulfonamides is 1. The predicted octanol–water partition coefficient (Wildman–Crippen LogP) is 2.08. The van der Waals surface area contributed by atoms with E-state index < -0.39 is 10.0 Å². The maximum Gasteiger partial charge on any atom is 0.237 e. The van der Waals surface area contributed by atoms with Gasteiger partial charge < -0.3 is 20.3 Å². The van der Waals surface area contributed by atoms with E-state index in [1.165, 1.54) is 0 Å². The molecule has 0 saturated carbocycles. The van der Waals surface area contributed by atoms with Crippen molar-refractivity contribution in [2.45, 2.75) is 25.6 Å². The lowest BCUT2D eigenvalue weighted by Gasteiger charge is -2.32. The number of anilines is 4. The molecule has 4 N–H and O–H groups in total. The van der Waals surface area contributed by atoms with Crippen LogP contribution in [0.15, 0.2) is 36.7 Å². The van der Waals surface area contributed by atoms with E-state index in [0.717, 1.165) is 53.4 Å². The summed E-state index contributed by atoms with van der Waals surface area (Å²) in [5.74, 6) is 0.950. The first-order valence-corrected chi connectivity index (χ1v) is 12.4. The standard InChI is InChI=1S/C22H25N7O3S/c1-14-19(11-25-21-20(14)24-7-9-32-21)29-8-6-16-10-26-22(28-18(16)12-29)27-17-4-2-15(3-5-17)13-33(23,30)31/h2-5,10-11,24H,6-9,12-13H2,1H3,(H2,23,30,31)(H,26,27,28). The highest BCUT2D eigenvalue weighted by molar-refractivity contribution is 7.88. The summed E-state index contributed by atoms with van der Waals surface area (Å²) in [5, 5.41) is 11.7. The van der Waals surface area contributed by atoms with Gasteiger partial charge >= 0.3 is 0 Å². The molecule has 2 aliphatic rings. The number of nitrogens with one attached hydrogen (secondary N) is 2. The third-order valence-electron chi connectivity index (χ3n) is 5.78. The molecule has 0 spiro atoms. The van der Waals surface area contributed by atoms with Gasteiger partial charge in [0.2, 0.25) is 21.9 Å². The van der Waals surface area contributed by atoms with Crippen LogP contribution >= 0.6 is 0 Å². The Morgan fingerprint density at radius 3 is 2.82 bits per heavy atom. The van der Waals surface area contributed by atoms with E-state index in [9.17, 15) is 8.42 Å². The highest BCUT2D eigenvalue weighted by Crippen LogP contribution is 2.36. The van der Waals surface area contributed by atoms with E-state index in [4.69, 9.17) is 14.9 Å². The summed E-state index contributed by atoms with van der Waals surface area (Å²) in [6, 6.07) is 7.01. The van der Waals surface area contributed by atoms with Crippen LogP contribution in [0.2, 0.25) is 0 Å². The van der Waals surface area contributed by atoms with Crippen LogP contribution < -0.4 is 25.4 Å². The van der Waals surface area contributed by atoms with Gasteiger partial charge in [0.15, 0.2) is 0 Å². The normalized spacial score (nSPS) is 15.2. The van der Waals surface area contributed by atoms with E-state index in [-0.39, 0.29) is 5.75 Å². The second-order valence-corrected chi connectivity index (χ2v) is 9.80. The molecule has 1 aromatic carbocycles. The topological polar surface area (TPSA) is 135 Å². The average Bonchev–Trinajstić information content (AvgIpc) is 2.79. The molecule has 0 amide bonds. The fourth-order valence-corrected chi connectivity index (χ4v) is 4.80. The molecular formula is C22H25N7O3S. The molecule has 3 aromatic rings. The Bertz CT molecular complexity index is 1300. The number of nitrogens with zero attached hydrogens (tertiary/aromatic N) is 4. The predicted molar refractivity (Wildman–Crippen MR) is 126 cm³/mol. The van der Waals surface area contributed by atoms with Crippen molar-refractivity contribution in [3.05, 3.63) is 59.0 Å². The zero-order valence-electron chi connectivity index (χ0n) is 18.2. The quantitative estimate of drug-likeness (QED) is 0.515. The summed E-state index contributed by atoms with van der Waals surface area (Å²) in [6.45, 7) is 4.99. The van der Waals surface area contributed by atoms with Gasteiger partial charge in [-0.3, -0.25) is 0 Å². The molecule has 4 heterocycles. The van der Waals surface area contributed by atoms with Gasteiger partial charge in [0.05, 0.1) is 29.9 Å². The van der Waals surface area contributed by atoms with Crippen molar-refractivity contribution in [1.82, 2.24) is 15.0 Å². The Balaban J connectivity index is 1.33. The summed E-state index contributed by atoms with van der Waals surface area (Å²) < 4.78 is 28.2. The summed E-state index contributed by atoms with van der Waals surface area (Å²) in [5.41, 5.74) is 6.63. The summed E-state index contributed by atoms with van der Waals surface area (Å²) in [4.78, 5) is 16.0.